The SMILES string of the molecule is Fc1ccc(-n2cc(COc3nccc(N4CC(F)(F)C4)n3)nn2)cc1OC(F)F. The van der Waals surface area contributed by atoms with E-state index >= 15 is 0 Å². The molecule has 1 fully saturated rings. The van der Waals surface area contributed by atoms with Gasteiger partial charge in [0.1, 0.15) is 18.1 Å². The molecular formula is C17H13F5N6O2. The third-order valence-corrected chi connectivity index (χ3v) is 4.07. The van der Waals surface area contributed by atoms with Gasteiger partial charge >= 0.3 is 12.6 Å². The minimum atomic E-state index is -3.17. The Labute approximate surface area is 165 Å². The van der Waals surface area contributed by atoms with Crippen LogP contribution in [0.25, 0.3) is 5.69 Å². The molecule has 3 aromatic rings. The van der Waals surface area contributed by atoms with Crippen molar-refractivity contribution in [1.29, 1.82) is 0 Å². The van der Waals surface area contributed by atoms with Gasteiger partial charge in [0.15, 0.2) is 11.6 Å². The first-order valence-corrected chi connectivity index (χ1v) is 8.54. The number of hydrogen-bond donors (Lipinski definition) is 0. The first-order valence-electron chi connectivity index (χ1n) is 8.54. The van der Waals surface area contributed by atoms with Crippen molar-refractivity contribution in [3.63, 3.8) is 0 Å². The highest BCUT2D eigenvalue weighted by Crippen LogP contribution is 2.31. The van der Waals surface area contributed by atoms with Crippen LogP contribution in [-0.2, 0) is 6.61 Å². The molecule has 0 N–H and O–H groups in total. The average Bonchev–Trinajstić information content (AvgIpc) is 3.15. The van der Waals surface area contributed by atoms with Crippen LogP contribution in [0.4, 0.5) is 27.8 Å². The molecule has 30 heavy (non-hydrogen) atoms. The molecule has 4 rings (SSSR count). The molecule has 3 heterocycles. The van der Waals surface area contributed by atoms with Gasteiger partial charge < -0.3 is 14.4 Å². The predicted octanol–water partition coefficient (Wildman–Crippen LogP) is 2.83. The zero-order valence-electron chi connectivity index (χ0n) is 15.1. The molecule has 0 amide bonds. The summed E-state index contributed by atoms with van der Waals surface area (Å²) < 4.78 is 75.0. The minimum absolute atomic E-state index is 0.0355. The maximum atomic E-state index is 13.5. The normalized spacial score (nSPS) is 15.2. The number of rotatable bonds is 7. The molecule has 0 atom stereocenters. The summed E-state index contributed by atoms with van der Waals surface area (Å²) >= 11 is 0. The number of hydrogen-bond acceptors (Lipinski definition) is 7. The lowest BCUT2D eigenvalue weighted by Crippen LogP contribution is -2.56. The van der Waals surface area contributed by atoms with Gasteiger partial charge in [-0.15, -0.1) is 5.10 Å². The zero-order chi connectivity index (χ0) is 21.3. The predicted molar refractivity (Wildman–Crippen MR) is 91.5 cm³/mol. The summed E-state index contributed by atoms with van der Waals surface area (Å²) in [5, 5.41) is 7.69. The molecule has 13 heteroatoms. The Morgan fingerprint density at radius 2 is 1.97 bits per heavy atom. The van der Waals surface area contributed by atoms with Crippen molar-refractivity contribution >= 4 is 5.82 Å². The summed E-state index contributed by atoms with van der Waals surface area (Å²) in [6.45, 7) is -4.12. The van der Waals surface area contributed by atoms with E-state index in [1.165, 1.54) is 34.1 Å². The fourth-order valence-corrected chi connectivity index (χ4v) is 2.70. The van der Waals surface area contributed by atoms with Crippen LogP contribution in [0.3, 0.4) is 0 Å². The molecule has 1 aliphatic rings. The molecule has 0 unspecified atom stereocenters. The molecule has 1 aromatic carbocycles. The second-order valence-corrected chi connectivity index (χ2v) is 6.35. The van der Waals surface area contributed by atoms with E-state index in [1.807, 2.05) is 0 Å². The van der Waals surface area contributed by atoms with E-state index in [4.69, 9.17) is 4.74 Å². The van der Waals surface area contributed by atoms with Crippen LogP contribution in [0, 0.1) is 5.82 Å². The summed E-state index contributed by atoms with van der Waals surface area (Å²) in [4.78, 5) is 9.37. The summed E-state index contributed by atoms with van der Waals surface area (Å²) in [5.74, 6) is -3.99. The number of ether oxygens (including phenoxy) is 2. The highest BCUT2D eigenvalue weighted by Gasteiger charge is 2.44. The molecule has 0 saturated carbocycles. The van der Waals surface area contributed by atoms with Gasteiger partial charge in [-0.05, 0) is 18.2 Å². The number of halogens is 5. The highest BCUT2D eigenvalue weighted by atomic mass is 19.3. The van der Waals surface area contributed by atoms with Gasteiger partial charge in [0.25, 0.3) is 5.92 Å². The number of benzene rings is 1. The monoisotopic (exact) mass is 428 g/mol. The molecule has 2 aromatic heterocycles. The summed E-state index contributed by atoms with van der Waals surface area (Å²) in [5.41, 5.74) is 0.572. The van der Waals surface area contributed by atoms with Gasteiger partial charge in [-0.25, -0.2) is 22.8 Å². The lowest BCUT2D eigenvalue weighted by molar-refractivity contribution is -0.0522. The van der Waals surface area contributed by atoms with Gasteiger partial charge in [-0.3, -0.25) is 0 Å². The smallest absolute Gasteiger partial charge is 0.387 e. The molecule has 1 aliphatic heterocycles. The van der Waals surface area contributed by atoms with E-state index in [-0.39, 0.29) is 18.3 Å². The van der Waals surface area contributed by atoms with Crippen LogP contribution < -0.4 is 14.4 Å². The van der Waals surface area contributed by atoms with Crippen LogP contribution in [0.1, 0.15) is 5.69 Å². The van der Waals surface area contributed by atoms with Crippen molar-refractivity contribution in [3.8, 4) is 17.4 Å². The Balaban J connectivity index is 1.41. The average molecular weight is 428 g/mol. The molecular weight excluding hydrogens is 415 g/mol. The Hall–Kier alpha value is -3.51. The molecule has 1 saturated heterocycles. The Morgan fingerprint density at radius 1 is 1.17 bits per heavy atom. The Bertz CT molecular complexity index is 1040. The minimum Gasteiger partial charge on any atom is -0.457 e. The summed E-state index contributed by atoms with van der Waals surface area (Å²) in [6.07, 6.45) is 2.81. The van der Waals surface area contributed by atoms with Crippen LogP contribution in [-0.4, -0.2) is 50.6 Å². The van der Waals surface area contributed by atoms with E-state index in [1.54, 1.807) is 0 Å². The van der Waals surface area contributed by atoms with Gasteiger partial charge in [-0.2, -0.15) is 13.8 Å². The number of anilines is 1. The molecule has 0 spiro atoms. The fraction of sp³-hybridized carbons (Fsp3) is 0.294. The molecule has 158 valence electrons. The highest BCUT2D eigenvalue weighted by molar-refractivity contribution is 5.43. The van der Waals surface area contributed by atoms with E-state index in [0.717, 1.165) is 12.1 Å². The summed E-state index contributed by atoms with van der Waals surface area (Å²) in [7, 11) is 0. The van der Waals surface area contributed by atoms with Crippen molar-refractivity contribution in [2.24, 2.45) is 0 Å². The number of alkyl halides is 4. The zero-order valence-corrected chi connectivity index (χ0v) is 15.1. The summed E-state index contributed by atoms with van der Waals surface area (Å²) in [6, 6.07) is 4.78. The first kappa shape index (κ1) is 19.8. The van der Waals surface area contributed by atoms with Gasteiger partial charge in [0.2, 0.25) is 0 Å². The molecule has 0 bridgehead atoms. The van der Waals surface area contributed by atoms with Crippen molar-refractivity contribution in [2.45, 2.75) is 19.1 Å². The third-order valence-electron chi connectivity index (χ3n) is 4.07. The number of nitrogens with zero attached hydrogens (tertiary/aromatic N) is 6. The van der Waals surface area contributed by atoms with Gasteiger partial charge in [0, 0.05) is 12.3 Å². The van der Waals surface area contributed by atoms with E-state index < -0.39 is 37.2 Å². The lowest BCUT2D eigenvalue weighted by atomic mass is 10.1. The van der Waals surface area contributed by atoms with Gasteiger partial charge in [0.05, 0.1) is 25.0 Å². The van der Waals surface area contributed by atoms with Crippen LogP contribution in [0.2, 0.25) is 0 Å². The maximum Gasteiger partial charge on any atom is 0.387 e. The Morgan fingerprint density at radius 3 is 2.70 bits per heavy atom. The van der Waals surface area contributed by atoms with Crippen molar-refractivity contribution in [3.05, 3.63) is 48.2 Å². The van der Waals surface area contributed by atoms with Crippen LogP contribution in [0.5, 0.6) is 11.8 Å². The lowest BCUT2D eigenvalue weighted by Gasteiger charge is -2.39. The van der Waals surface area contributed by atoms with E-state index in [0.29, 0.717) is 11.5 Å². The standard InChI is InChI=1S/C17H13F5N6O2/c18-12-2-1-11(5-13(12)30-15(19)20)28-6-10(25-26-28)7-29-16-23-4-3-14(24-16)27-8-17(21,22)9-27/h1-6,15H,7-9H2. The van der Waals surface area contributed by atoms with Crippen molar-refractivity contribution in [2.75, 3.05) is 18.0 Å². The van der Waals surface area contributed by atoms with E-state index in [2.05, 4.69) is 25.0 Å². The Kier molecular flexibility index (Phi) is 5.10. The molecule has 8 nitrogen and oxygen atoms in total. The van der Waals surface area contributed by atoms with Crippen molar-refractivity contribution < 1.29 is 31.4 Å². The van der Waals surface area contributed by atoms with Crippen molar-refractivity contribution in [1.82, 2.24) is 25.0 Å². The molecule has 0 radical (unpaired) electrons. The van der Waals surface area contributed by atoms with E-state index in [9.17, 15) is 22.0 Å². The topological polar surface area (TPSA) is 78.2 Å². The molecule has 0 aliphatic carbocycles. The van der Waals surface area contributed by atoms with Crippen LogP contribution >= 0.6 is 0 Å². The third kappa shape index (κ3) is 4.39. The fourth-order valence-electron chi connectivity index (χ4n) is 2.70. The largest absolute Gasteiger partial charge is 0.457 e. The van der Waals surface area contributed by atoms with Gasteiger partial charge in [-0.1, -0.05) is 5.21 Å². The second kappa shape index (κ2) is 7.72. The quantitative estimate of drug-likeness (QED) is 0.536. The first-order chi connectivity index (χ1) is 14.3. The second-order valence-electron chi connectivity index (χ2n) is 6.35. The van der Waals surface area contributed by atoms with Crippen LogP contribution in [0.15, 0.2) is 36.7 Å². The maximum absolute atomic E-state index is 13.5. The number of aromatic nitrogens is 5.